The maximum atomic E-state index is 13.3. The fourth-order valence-corrected chi connectivity index (χ4v) is 5.30. The highest BCUT2D eigenvalue weighted by atomic mass is 32.2. The van der Waals surface area contributed by atoms with Gasteiger partial charge in [0.05, 0.1) is 24.2 Å². The maximum absolute atomic E-state index is 13.3. The lowest BCUT2D eigenvalue weighted by Gasteiger charge is -2.30. The van der Waals surface area contributed by atoms with Crippen LogP contribution in [-0.2, 0) is 14.8 Å². The number of nitrogens with zero attached hydrogens (tertiary/aromatic N) is 4. The van der Waals surface area contributed by atoms with Gasteiger partial charge in [0.25, 0.3) is 0 Å². The minimum absolute atomic E-state index is 0.0303. The first-order chi connectivity index (χ1) is 12.9. The van der Waals surface area contributed by atoms with E-state index >= 15 is 0 Å². The molecule has 1 aromatic heterocycles. The summed E-state index contributed by atoms with van der Waals surface area (Å²) in [6, 6.07) is 8.30. The van der Waals surface area contributed by atoms with Gasteiger partial charge in [0.1, 0.15) is 5.82 Å². The number of hydrogen-bond donors (Lipinski definition) is 1. The Morgan fingerprint density at radius 1 is 1.11 bits per heavy atom. The van der Waals surface area contributed by atoms with E-state index in [1.165, 1.54) is 0 Å². The summed E-state index contributed by atoms with van der Waals surface area (Å²) in [5.74, 6) is 0.957. The largest absolute Gasteiger partial charge is 0.384 e. The molecule has 2 saturated heterocycles. The van der Waals surface area contributed by atoms with Crippen LogP contribution in [0.2, 0.25) is 0 Å². The van der Waals surface area contributed by atoms with Gasteiger partial charge in [-0.05, 0) is 25.1 Å². The molecular formula is C18H23N5O3S. The molecule has 2 fully saturated rings. The number of ether oxygens (including phenoxy) is 1. The van der Waals surface area contributed by atoms with Crippen LogP contribution >= 0.6 is 0 Å². The van der Waals surface area contributed by atoms with Crippen molar-refractivity contribution in [3.05, 3.63) is 42.1 Å². The van der Waals surface area contributed by atoms with E-state index < -0.39 is 10.0 Å². The molecule has 0 aliphatic carbocycles. The van der Waals surface area contributed by atoms with Crippen LogP contribution in [0.15, 0.2) is 41.4 Å². The Labute approximate surface area is 159 Å². The summed E-state index contributed by atoms with van der Waals surface area (Å²) in [4.78, 5) is 10.9. The zero-order valence-electron chi connectivity index (χ0n) is 15.2. The van der Waals surface area contributed by atoms with Crippen molar-refractivity contribution in [2.24, 2.45) is 5.92 Å². The summed E-state index contributed by atoms with van der Waals surface area (Å²) in [5.41, 5.74) is 6.82. The third-order valence-electron chi connectivity index (χ3n) is 4.99. The second-order valence-electron chi connectivity index (χ2n) is 7.13. The number of aryl methyl sites for hydroxylation is 1. The lowest BCUT2D eigenvalue weighted by Crippen LogP contribution is -2.46. The van der Waals surface area contributed by atoms with Crippen LogP contribution in [0, 0.1) is 12.8 Å². The molecule has 2 N–H and O–H groups in total. The van der Waals surface area contributed by atoms with E-state index in [9.17, 15) is 8.42 Å². The van der Waals surface area contributed by atoms with Crippen molar-refractivity contribution in [3.63, 3.8) is 0 Å². The van der Waals surface area contributed by atoms with Crippen LogP contribution in [0.25, 0.3) is 0 Å². The van der Waals surface area contributed by atoms with Crippen molar-refractivity contribution in [1.29, 1.82) is 0 Å². The zero-order chi connectivity index (χ0) is 19.0. The van der Waals surface area contributed by atoms with E-state index in [1.54, 1.807) is 28.7 Å². The molecule has 144 valence electrons. The number of rotatable bonds is 3. The molecule has 2 atom stereocenters. The average molecular weight is 389 g/mol. The number of sulfonamides is 1. The molecular weight excluding hydrogens is 366 g/mol. The van der Waals surface area contributed by atoms with Crippen molar-refractivity contribution in [2.75, 3.05) is 43.5 Å². The molecule has 0 amide bonds. The van der Waals surface area contributed by atoms with Gasteiger partial charge in [-0.15, -0.1) is 0 Å². The number of hydrogen-bond acceptors (Lipinski definition) is 7. The molecule has 3 heterocycles. The van der Waals surface area contributed by atoms with Gasteiger partial charge in [0, 0.05) is 31.7 Å². The molecule has 9 heteroatoms. The average Bonchev–Trinajstić information content (AvgIpc) is 2.93. The predicted molar refractivity (Wildman–Crippen MR) is 102 cm³/mol. The van der Waals surface area contributed by atoms with E-state index in [4.69, 9.17) is 10.5 Å². The van der Waals surface area contributed by atoms with Crippen molar-refractivity contribution in [1.82, 2.24) is 14.3 Å². The second-order valence-corrected chi connectivity index (χ2v) is 9.02. The Morgan fingerprint density at radius 2 is 1.89 bits per heavy atom. The fraction of sp³-hybridized carbons (Fsp3) is 0.444. The molecule has 1 aromatic carbocycles. The number of nitrogens with two attached hydrogens (primary N) is 1. The van der Waals surface area contributed by atoms with E-state index in [2.05, 4.69) is 9.97 Å². The normalized spacial score (nSPS) is 23.8. The first-order valence-electron chi connectivity index (χ1n) is 8.93. The monoisotopic (exact) mass is 389 g/mol. The standard InChI is InChI=1S/C18H23N5O3S/c1-13-2-4-16(5-3-13)27(24,25)23-9-14-8-22(10-15(23)12-26-11-14)18-20-7-6-17(19)21-18/h2-7,14-15H,8-12H2,1H3,(H2,19,20,21)/t14-,15-/m0/s1. The Kier molecular flexibility index (Phi) is 4.75. The molecule has 2 aliphatic rings. The molecule has 0 saturated carbocycles. The van der Waals surface area contributed by atoms with Crippen LogP contribution in [0.5, 0.6) is 0 Å². The van der Waals surface area contributed by atoms with E-state index in [0.717, 1.165) is 5.56 Å². The maximum Gasteiger partial charge on any atom is 0.243 e. The minimum Gasteiger partial charge on any atom is -0.384 e. The molecule has 0 spiro atoms. The molecule has 0 unspecified atom stereocenters. The number of benzene rings is 1. The van der Waals surface area contributed by atoms with Gasteiger partial charge in [0.15, 0.2) is 0 Å². The van der Waals surface area contributed by atoms with Crippen LogP contribution in [0.3, 0.4) is 0 Å². The lowest BCUT2D eigenvalue weighted by molar-refractivity contribution is 0.0978. The first kappa shape index (κ1) is 18.1. The van der Waals surface area contributed by atoms with Crippen molar-refractivity contribution >= 4 is 21.8 Å². The molecule has 2 aliphatic heterocycles. The number of fused-ring (bicyclic) bond motifs is 3. The third-order valence-corrected chi connectivity index (χ3v) is 6.93. The van der Waals surface area contributed by atoms with Gasteiger partial charge < -0.3 is 15.4 Å². The Hall–Kier alpha value is -2.23. The Balaban J connectivity index is 1.66. The van der Waals surface area contributed by atoms with E-state index in [1.807, 2.05) is 24.0 Å². The number of nitrogen functional groups attached to an aromatic ring is 1. The summed E-state index contributed by atoms with van der Waals surface area (Å²) < 4.78 is 33.9. The summed E-state index contributed by atoms with van der Waals surface area (Å²) in [6.45, 7) is 4.30. The summed E-state index contributed by atoms with van der Waals surface area (Å²) in [7, 11) is -3.61. The Bertz CT molecular complexity index is 919. The third kappa shape index (κ3) is 3.62. The first-order valence-corrected chi connectivity index (χ1v) is 10.4. The number of aromatic nitrogens is 2. The molecule has 4 rings (SSSR count). The molecule has 8 nitrogen and oxygen atoms in total. The van der Waals surface area contributed by atoms with Gasteiger partial charge in [-0.25, -0.2) is 13.4 Å². The fourth-order valence-electron chi connectivity index (χ4n) is 3.62. The minimum atomic E-state index is -3.61. The van der Waals surface area contributed by atoms with E-state index in [-0.39, 0.29) is 12.0 Å². The second kappa shape index (κ2) is 7.06. The Morgan fingerprint density at radius 3 is 2.63 bits per heavy atom. The van der Waals surface area contributed by atoms with Gasteiger partial charge in [-0.3, -0.25) is 0 Å². The molecule has 2 aromatic rings. The van der Waals surface area contributed by atoms with Gasteiger partial charge >= 0.3 is 0 Å². The van der Waals surface area contributed by atoms with Crippen molar-refractivity contribution < 1.29 is 13.2 Å². The van der Waals surface area contributed by atoms with Crippen molar-refractivity contribution in [2.45, 2.75) is 17.9 Å². The highest BCUT2D eigenvalue weighted by Gasteiger charge is 2.40. The van der Waals surface area contributed by atoms with Crippen LogP contribution < -0.4 is 10.6 Å². The zero-order valence-corrected chi connectivity index (χ0v) is 16.0. The van der Waals surface area contributed by atoms with Crippen LogP contribution in [0.4, 0.5) is 11.8 Å². The van der Waals surface area contributed by atoms with Crippen LogP contribution in [-0.4, -0.2) is 61.6 Å². The van der Waals surface area contributed by atoms with Gasteiger partial charge in [-0.1, -0.05) is 17.7 Å². The molecule has 27 heavy (non-hydrogen) atoms. The summed E-state index contributed by atoms with van der Waals surface area (Å²) >= 11 is 0. The van der Waals surface area contributed by atoms with Crippen LogP contribution in [0.1, 0.15) is 5.56 Å². The highest BCUT2D eigenvalue weighted by molar-refractivity contribution is 7.89. The SMILES string of the molecule is Cc1ccc(S(=O)(=O)N2C[C@H]3COC[C@@H]2CN(c2nccc(N)n2)C3)cc1. The summed E-state index contributed by atoms with van der Waals surface area (Å²) in [5, 5.41) is 0. The number of anilines is 2. The predicted octanol–water partition coefficient (Wildman–Crippen LogP) is 0.893. The van der Waals surface area contributed by atoms with Gasteiger partial charge in [-0.2, -0.15) is 9.29 Å². The lowest BCUT2D eigenvalue weighted by atomic mass is 10.1. The summed E-state index contributed by atoms with van der Waals surface area (Å²) in [6.07, 6.45) is 1.62. The smallest absolute Gasteiger partial charge is 0.243 e. The van der Waals surface area contributed by atoms with Gasteiger partial charge in [0.2, 0.25) is 16.0 Å². The van der Waals surface area contributed by atoms with Crippen molar-refractivity contribution in [3.8, 4) is 0 Å². The highest BCUT2D eigenvalue weighted by Crippen LogP contribution is 2.28. The van der Waals surface area contributed by atoms with E-state index in [0.29, 0.717) is 49.5 Å². The molecule has 2 bridgehead atoms. The topological polar surface area (TPSA) is 102 Å². The quantitative estimate of drug-likeness (QED) is 0.832. The molecule has 0 radical (unpaired) electrons.